The van der Waals surface area contributed by atoms with Crippen LogP contribution >= 0.6 is 0 Å². The van der Waals surface area contributed by atoms with Crippen LogP contribution in [0, 0.1) is 0 Å². The van der Waals surface area contributed by atoms with E-state index in [1.54, 1.807) is 7.11 Å². The number of rotatable bonds is 7. The van der Waals surface area contributed by atoms with E-state index in [1.165, 1.54) is 0 Å². The molecule has 0 heterocycles. The Morgan fingerprint density at radius 1 is 1.42 bits per heavy atom. The summed E-state index contributed by atoms with van der Waals surface area (Å²) in [5.74, 6) is 0. The highest BCUT2D eigenvalue weighted by atomic mass is 16.5. The maximum absolute atomic E-state index is 5.24. The van der Waals surface area contributed by atoms with Crippen molar-refractivity contribution < 1.29 is 9.47 Å². The first-order valence-electron chi connectivity index (χ1n) is 4.16. The molecule has 0 spiro atoms. The van der Waals surface area contributed by atoms with E-state index in [-0.39, 0.29) is 5.60 Å². The third kappa shape index (κ3) is 6.54. The van der Waals surface area contributed by atoms with Crippen molar-refractivity contribution in [3.05, 3.63) is 0 Å². The summed E-state index contributed by atoms with van der Waals surface area (Å²) in [5.41, 5.74) is 5.11. The van der Waals surface area contributed by atoms with Gasteiger partial charge < -0.3 is 15.2 Å². The number of ether oxygens (including phenoxy) is 2. The van der Waals surface area contributed by atoms with Gasteiger partial charge in [0.1, 0.15) is 0 Å². The largest absolute Gasteiger partial charge is 0.379 e. The molecule has 0 saturated heterocycles. The Labute approximate surface area is 74.4 Å². The standard InChI is InChI=1S/C8H20N2O2/c1-8(2,11-3)4-5-12-7-10-6-9/h10H,4-7,9H2,1-3H3. The van der Waals surface area contributed by atoms with Crippen LogP contribution in [-0.4, -0.2) is 32.7 Å². The molecule has 0 aromatic carbocycles. The first-order valence-corrected chi connectivity index (χ1v) is 4.16. The van der Waals surface area contributed by atoms with Gasteiger partial charge in [-0.3, -0.25) is 5.32 Å². The summed E-state index contributed by atoms with van der Waals surface area (Å²) >= 11 is 0. The lowest BCUT2D eigenvalue weighted by Gasteiger charge is -2.22. The minimum absolute atomic E-state index is 0.0945. The minimum atomic E-state index is -0.0945. The SMILES string of the molecule is COC(C)(C)CCOCNCN. The molecule has 0 bridgehead atoms. The number of nitrogens with one attached hydrogen (secondary N) is 1. The summed E-state index contributed by atoms with van der Waals surface area (Å²) < 4.78 is 10.5. The second kappa shape index (κ2) is 6.37. The fraction of sp³-hybridized carbons (Fsp3) is 1.00. The Bertz CT molecular complexity index is 107. The van der Waals surface area contributed by atoms with E-state index >= 15 is 0 Å². The van der Waals surface area contributed by atoms with Gasteiger partial charge in [0.25, 0.3) is 0 Å². The van der Waals surface area contributed by atoms with Crippen LogP contribution in [0.1, 0.15) is 20.3 Å². The predicted molar refractivity (Wildman–Crippen MR) is 48.7 cm³/mol. The molecule has 4 heteroatoms. The molecule has 0 radical (unpaired) electrons. The van der Waals surface area contributed by atoms with Crippen molar-refractivity contribution in [2.24, 2.45) is 5.73 Å². The van der Waals surface area contributed by atoms with Crippen LogP contribution in [0.3, 0.4) is 0 Å². The zero-order valence-corrected chi connectivity index (χ0v) is 8.22. The second-order valence-corrected chi connectivity index (χ2v) is 3.22. The van der Waals surface area contributed by atoms with Crippen molar-refractivity contribution in [3.63, 3.8) is 0 Å². The van der Waals surface area contributed by atoms with Crippen LogP contribution in [-0.2, 0) is 9.47 Å². The van der Waals surface area contributed by atoms with E-state index in [1.807, 2.05) is 13.8 Å². The highest BCUT2D eigenvalue weighted by Crippen LogP contribution is 2.11. The zero-order valence-electron chi connectivity index (χ0n) is 8.22. The average Bonchev–Trinajstić information content (AvgIpc) is 2.04. The van der Waals surface area contributed by atoms with Gasteiger partial charge in [0.2, 0.25) is 0 Å². The van der Waals surface area contributed by atoms with Crippen molar-refractivity contribution >= 4 is 0 Å². The smallest absolute Gasteiger partial charge is 0.0974 e. The first kappa shape index (κ1) is 11.8. The molecule has 0 atom stereocenters. The van der Waals surface area contributed by atoms with Crippen molar-refractivity contribution in [1.82, 2.24) is 5.32 Å². The number of hydrogen-bond acceptors (Lipinski definition) is 4. The molecular formula is C8H20N2O2. The fourth-order valence-electron chi connectivity index (χ4n) is 0.623. The monoisotopic (exact) mass is 176 g/mol. The third-order valence-corrected chi connectivity index (χ3v) is 1.75. The van der Waals surface area contributed by atoms with Crippen LogP contribution in [0.5, 0.6) is 0 Å². The predicted octanol–water partition coefficient (Wildman–Crippen LogP) is 0.281. The van der Waals surface area contributed by atoms with Crippen LogP contribution in [0.2, 0.25) is 0 Å². The molecule has 0 aliphatic rings. The van der Waals surface area contributed by atoms with Gasteiger partial charge in [0, 0.05) is 13.8 Å². The van der Waals surface area contributed by atoms with Gasteiger partial charge in [-0.2, -0.15) is 0 Å². The van der Waals surface area contributed by atoms with Crippen molar-refractivity contribution in [1.29, 1.82) is 0 Å². The van der Waals surface area contributed by atoms with Gasteiger partial charge in [0.15, 0.2) is 0 Å². The van der Waals surface area contributed by atoms with Crippen molar-refractivity contribution in [3.8, 4) is 0 Å². The van der Waals surface area contributed by atoms with Crippen molar-refractivity contribution in [2.45, 2.75) is 25.9 Å². The summed E-state index contributed by atoms with van der Waals surface area (Å²) in [6, 6.07) is 0. The normalized spacial score (nSPS) is 12.0. The van der Waals surface area contributed by atoms with Gasteiger partial charge in [-0.05, 0) is 20.3 Å². The highest BCUT2D eigenvalue weighted by molar-refractivity contribution is 4.66. The average molecular weight is 176 g/mol. The van der Waals surface area contributed by atoms with E-state index in [9.17, 15) is 0 Å². The lowest BCUT2D eigenvalue weighted by atomic mass is 10.1. The summed E-state index contributed by atoms with van der Waals surface area (Å²) in [7, 11) is 1.71. The molecule has 0 saturated carbocycles. The van der Waals surface area contributed by atoms with Crippen LogP contribution in [0.25, 0.3) is 0 Å². The number of nitrogens with two attached hydrogens (primary N) is 1. The van der Waals surface area contributed by atoms with Gasteiger partial charge in [-0.1, -0.05) is 0 Å². The molecule has 12 heavy (non-hydrogen) atoms. The summed E-state index contributed by atoms with van der Waals surface area (Å²) in [6.45, 7) is 5.72. The van der Waals surface area contributed by atoms with Gasteiger partial charge >= 0.3 is 0 Å². The number of hydrogen-bond donors (Lipinski definition) is 2. The zero-order chi connectivity index (χ0) is 9.45. The number of methoxy groups -OCH3 is 1. The van der Waals surface area contributed by atoms with E-state index in [0.717, 1.165) is 6.42 Å². The Morgan fingerprint density at radius 3 is 2.58 bits per heavy atom. The maximum Gasteiger partial charge on any atom is 0.0974 e. The molecular weight excluding hydrogens is 156 g/mol. The molecule has 0 aromatic heterocycles. The fourth-order valence-corrected chi connectivity index (χ4v) is 0.623. The Morgan fingerprint density at radius 2 is 2.08 bits per heavy atom. The third-order valence-electron chi connectivity index (χ3n) is 1.75. The van der Waals surface area contributed by atoms with Crippen LogP contribution in [0.15, 0.2) is 0 Å². The first-order chi connectivity index (χ1) is 5.62. The molecule has 0 unspecified atom stereocenters. The molecule has 3 N–H and O–H groups in total. The maximum atomic E-state index is 5.24. The highest BCUT2D eigenvalue weighted by Gasteiger charge is 2.15. The van der Waals surface area contributed by atoms with Crippen molar-refractivity contribution in [2.75, 3.05) is 27.1 Å². The van der Waals surface area contributed by atoms with E-state index in [4.69, 9.17) is 15.2 Å². The van der Waals surface area contributed by atoms with E-state index in [0.29, 0.717) is 20.0 Å². The molecule has 4 nitrogen and oxygen atoms in total. The molecule has 74 valence electrons. The lowest BCUT2D eigenvalue weighted by molar-refractivity contribution is -0.0119. The Hall–Kier alpha value is -0.160. The second-order valence-electron chi connectivity index (χ2n) is 3.22. The Balaban J connectivity index is 3.19. The molecule has 0 aromatic rings. The van der Waals surface area contributed by atoms with Gasteiger partial charge in [-0.15, -0.1) is 0 Å². The molecule has 0 aliphatic carbocycles. The van der Waals surface area contributed by atoms with E-state index < -0.39 is 0 Å². The summed E-state index contributed by atoms with van der Waals surface area (Å²) in [4.78, 5) is 0. The van der Waals surface area contributed by atoms with Gasteiger partial charge in [-0.25, -0.2) is 0 Å². The topological polar surface area (TPSA) is 56.5 Å². The van der Waals surface area contributed by atoms with Gasteiger partial charge in [0.05, 0.1) is 18.9 Å². The summed E-state index contributed by atoms with van der Waals surface area (Å²) in [6.07, 6.45) is 0.885. The van der Waals surface area contributed by atoms with Crippen LogP contribution < -0.4 is 11.1 Å². The minimum Gasteiger partial charge on any atom is -0.379 e. The molecule has 0 aliphatic heterocycles. The molecule has 0 amide bonds. The van der Waals surface area contributed by atoms with Crippen LogP contribution in [0.4, 0.5) is 0 Å². The summed E-state index contributed by atoms with van der Waals surface area (Å²) in [5, 5.41) is 2.87. The van der Waals surface area contributed by atoms with E-state index in [2.05, 4.69) is 5.32 Å². The lowest BCUT2D eigenvalue weighted by Crippen LogP contribution is -2.28. The molecule has 0 rings (SSSR count). The molecule has 0 fully saturated rings. The quantitative estimate of drug-likeness (QED) is 0.432. The Kier molecular flexibility index (Phi) is 6.28.